The second-order valence-corrected chi connectivity index (χ2v) is 6.90. The van der Waals surface area contributed by atoms with E-state index in [-0.39, 0.29) is 12.5 Å². The van der Waals surface area contributed by atoms with E-state index in [1.807, 2.05) is 25.1 Å². The first-order valence-corrected chi connectivity index (χ1v) is 9.69. The molecule has 0 aliphatic rings. The van der Waals surface area contributed by atoms with Gasteiger partial charge in [0.1, 0.15) is 5.56 Å². The van der Waals surface area contributed by atoms with Gasteiger partial charge >= 0.3 is 5.97 Å². The smallest absolute Gasteiger partial charge is 0.342 e. The fourth-order valence-electron chi connectivity index (χ4n) is 2.69. The maximum Gasteiger partial charge on any atom is 0.342 e. The highest BCUT2D eigenvalue weighted by molar-refractivity contribution is 6.31. The third kappa shape index (κ3) is 6.32. The Balaban J connectivity index is 1.94. The largest absolute Gasteiger partial charge is 0.452 e. The molecule has 0 bridgehead atoms. The van der Waals surface area contributed by atoms with Crippen LogP contribution < -0.4 is 10.6 Å². The zero-order chi connectivity index (χ0) is 21.4. The molecule has 1 aromatic carbocycles. The molecule has 9 heteroatoms. The summed E-state index contributed by atoms with van der Waals surface area (Å²) in [5.74, 6) is -1.49. The molecule has 0 aliphatic heterocycles. The van der Waals surface area contributed by atoms with E-state index in [0.717, 1.165) is 12.0 Å². The quantitative estimate of drug-likeness (QED) is 0.604. The lowest BCUT2D eigenvalue weighted by Gasteiger charge is -2.08. The van der Waals surface area contributed by atoms with Crippen LogP contribution in [0.1, 0.15) is 40.7 Å². The average molecular weight is 421 g/mol. The van der Waals surface area contributed by atoms with E-state index in [2.05, 4.69) is 15.7 Å². The molecule has 156 valence electrons. The minimum Gasteiger partial charge on any atom is -0.452 e. The van der Waals surface area contributed by atoms with Crippen molar-refractivity contribution in [3.63, 3.8) is 0 Å². The van der Waals surface area contributed by atoms with Gasteiger partial charge in [-0.25, -0.2) is 4.79 Å². The first-order valence-electron chi connectivity index (χ1n) is 9.31. The summed E-state index contributed by atoms with van der Waals surface area (Å²) in [7, 11) is 0. The van der Waals surface area contributed by atoms with Crippen molar-refractivity contribution in [2.45, 2.75) is 33.7 Å². The number of rotatable bonds is 9. The number of nitrogens with one attached hydrogen (secondary N) is 2. The Morgan fingerprint density at radius 1 is 1.14 bits per heavy atom. The molecule has 0 saturated carbocycles. The number of carbonyl (C=O) groups is 3. The summed E-state index contributed by atoms with van der Waals surface area (Å²) in [6, 6.07) is 7.40. The zero-order valence-electron chi connectivity index (χ0n) is 16.8. The van der Waals surface area contributed by atoms with Crippen molar-refractivity contribution in [1.29, 1.82) is 0 Å². The number of nitrogens with zero attached hydrogens (tertiary/aromatic N) is 2. The van der Waals surface area contributed by atoms with E-state index < -0.39 is 18.5 Å². The maximum atomic E-state index is 12.4. The predicted octanol–water partition coefficient (Wildman–Crippen LogP) is 2.00. The lowest BCUT2D eigenvalue weighted by molar-refractivity contribution is -0.127. The number of hydrogen-bond acceptors (Lipinski definition) is 5. The van der Waals surface area contributed by atoms with Crippen LogP contribution in [0.25, 0.3) is 0 Å². The van der Waals surface area contributed by atoms with Crippen molar-refractivity contribution < 1.29 is 19.1 Å². The van der Waals surface area contributed by atoms with Crippen molar-refractivity contribution in [3.05, 3.63) is 51.8 Å². The Kier molecular flexibility index (Phi) is 8.21. The second kappa shape index (κ2) is 10.6. The Labute approximate surface area is 174 Å². The highest BCUT2D eigenvalue weighted by Gasteiger charge is 2.21. The molecule has 0 atom stereocenters. The molecule has 2 amide bonds. The molecule has 2 N–H and O–H groups in total. The van der Waals surface area contributed by atoms with E-state index in [0.29, 0.717) is 35.1 Å². The van der Waals surface area contributed by atoms with Crippen LogP contribution in [0.4, 0.5) is 0 Å². The van der Waals surface area contributed by atoms with Gasteiger partial charge in [-0.05, 0) is 31.9 Å². The van der Waals surface area contributed by atoms with Gasteiger partial charge in [-0.3, -0.25) is 14.3 Å². The van der Waals surface area contributed by atoms with Crippen molar-refractivity contribution in [2.75, 3.05) is 19.7 Å². The normalized spacial score (nSPS) is 10.5. The van der Waals surface area contributed by atoms with Gasteiger partial charge in [0.05, 0.1) is 24.5 Å². The number of esters is 1. The van der Waals surface area contributed by atoms with Gasteiger partial charge in [-0.2, -0.15) is 5.10 Å². The summed E-state index contributed by atoms with van der Waals surface area (Å²) in [5, 5.41) is 10.0. The number of aromatic nitrogens is 2. The van der Waals surface area contributed by atoms with Gasteiger partial charge in [0.15, 0.2) is 6.61 Å². The number of amides is 2. The molecule has 0 saturated heterocycles. The van der Waals surface area contributed by atoms with Crippen LogP contribution in [0.3, 0.4) is 0 Å². The molecule has 0 radical (unpaired) electrons. The fraction of sp³-hybridized carbons (Fsp3) is 0.400. The van der Waals surface area contributed by atoms with E-state index in [1.165, 1.54) is 0 Å². The van der Waals surface area contributed by atoms with Crippen molar-refractivity contribution >= 4 is 29.4 Å². The molecule has 0 unspecified atom stereocenters. The maximum absolute atomic E-state index is 12.4. The van der Waals surface area contributed by atoms with Gasteiger partial charge in [0.25, 0.3) is 5.91 Å². The summed E-state index contributed by atoms with van der Waals surface area (Å²) < 4.78 is 6.76. The summed E-state index contributed by atoms with van der Waals surface area (Å²) in [6.45, 7) is 5.70. The predicted molar refractivity (Wildman–Crippen MR) is 109 cm³/mol. The van der Waals surface area contributed by atoms with Crippen LogP contribution in [-0.4, -0.2) is 47.3 Å². The molecule has 0 fully saturated rings. The van der Waals surface area contributed by atoms with Gasteiger partial charge in [0, 0.05) is 11.6 Å². The highest BCUT2D eigenvalue weighted by Crippen LogP contribution is 2.20. The molecular weight excluding hydrogens is 396 g/mol. The van der Waals surface area contributed by atoms with E-state index >= 15 is 0 Å². The molecule has 2 aromatic rings. The van der Waals surface area contributed by atoms with Crippen molar-refractivity contribution in [1.82, 2.24) is 20.4 Å². The first-order chi connectivity index (χ1) is 13.8. The molecule has 1 heterocycles. The van der Waals surface area contributed by atoms with Gasteiger partial charge in [0.2, 0.25) is 5.91 Å². The summed E-state index contributed by atoms with van der Waals surface area (Å²) in [5.41, 5.74) is 2.30. The van der Waals surface area contributed by atoms with Gasteiger partial charge in [-0.15, -0.1) is 0 Å². The van der Waals surface area contributed by atoms with Crippen molar-refractivity contribution in [3.8, 4) is 0 Å². The van der Waals surface area contributed by atoms with E-state index in [4.69, 9.17) is 16.3 Å². The van der Waals surface area contributed by atoms with E-state index in [1.54, 1.807) is 24.6 Å². The van der Waals surface area contributed by atoms with Crippen LogP contribution in [0.2, 0.25) is 5.02 Å². The lowest BCUT2D eigenvalue weighted by Crippen LogP contribution is -2.39. The minimum atomic E-state index is -0.643. The van der Waals surface area contributed by atoms with Crippen LogP contribution in [0.15, 0.2) is 24.3 Å². The number of ether oxygens (including phenoxy) is 1. The molecule has 0 spiro atoms. The molecule has 8 nitrogen and oxygen atoms in total. The summed E-state index contributed by atoms with van der Waals surface area (Å²) in [6.07, 6.45) is 0.806. The molecule has 29 heavy (non-hydrogen) atoms. The standard InChI is InChI=1S/C20H25ClN4O4/c1-4-9-22-17(26)10-23-18(27)12-29-20(28)19-13(2)24-25(14(19)3)11-15-7-5-6-8-16(15)21/h5-8H,4,9-12H2,1-3H3,(H,22,26)(H,23,27). The van der Waals surface area contributed by atoms with Crippen LogP contribution in [0.5, 0.6) is 0 Å². The third-order valence-electron chi connectivity index (χ3n) is 4.22. The minimum absolute atomic E-state index is 0.162. The topological polar surface area (TPSA) is 102 Å². The molecule has 2 rings (SSSR count). The monoisotopic (exact) mass is 420 g/mol. The summed E-state index contributed by atoms with van der Waals surface area (Å²) >= 11 is 6.19. The Morgan fingerprint density at radius 2 is 1.86 bits per heavy atom. The van der Waals surface area contributed by atoms with Crippen LogP contribution >= 0.6 is 11.6 Å². The second-order valence-electron chi connectivity index (χ2n) is 6.50. The summed E-state index contributed by atoms with van der Waals surface area (Å²) in [4.78, 5) is 35.7. The SMILES string of the molecule is CCCNC(=O)CNC(=O)COC(=O)c1c(C)nn(Cc2ccccc2Cl)c1C. The van der Waals surface area contributed by atoms with Crippen molar-refractivity contribution in [2.24, 2.45) is 0 Å². The van der Waals surface area contributed by atoms with Gasteiger partial charge in [-0.1, -0.05) is 36.7 Å². The average Bonchev–Trinajstić information content (AvgIpc) is 2.97. The number of carbonyl (C=O) groups excluding carboxylic acids is 3. The fourth-order valence-corrected chi connectivity index (χ4v) is 2.89. The van der Waals surface area contributed by atoms with Crippen LogP contribution in [0, 0.1) is 13.8 Å². The van der Waals surface area contributed by atoms with Crippen LogP contribution in [-0.2, 0) is 20.9 Å². The van der Waals surface area contributed by atoms with Gasteiger partial charge < -0.3 is 15.4 Å². The zero-order valence-corrected chi connectivity index (χ0v) is 17.5. The first kappa shape index (κ1) is 22.4. The number of hydrogen-bond donors (Lipinski definition) is 2. The number of benzene rings is 1. The van der Waals surface area contributed by atoms with E-state index in [9.17, 15) is 14.4 Å². The Bertz CT molecular complexity index is 895. The Morgan fingerprint density at radius 3 is 2.55 bits per heavy atom. The Hall–Kier alpha value is -2.87. The highest BCUT2D eigenvalue weighted by atomic mass is 35.5. The third-order valence-corrected chi connectivity index (χ3v) is 4.58. The lowest BCUT2D eigenvalue weighted by atomic mass is 10.2. The number of halogens is 1. The molecule has 0 aliphatic carbocycles. The molecular formula is C20H25ClN4O4. The molecule has 1 aromatic heterocycles. The number of aryl methyl sites for hydroxylation is 1.